The zero-order valence-electron chi connectivity index (χ0n) is 11.1. The van der Waals surface area contributed by atoms with Gasteiger partial charge in [-0.1, -0.05) is 13.8 Å². The topological polar surface area (TPSA) is 38.5 Å². The molecule has 0 radical (unpaired) electrons. The lowest BCUT2D eigenvalue weighted by Crippen LogP contribution is -2.46. The Bertz CT molecular complexity index is 177. The first kappa shape index (κ1) is 13.9. The highest BCUT2D eigenvalue weighted by Gasteiger charge is 2.24. The third kappa shape index (κ3) is 4.40. The summed E-state index contributed by atoms with van der Waals surface area (Å²) in [5, 5.41) is 0. The van der Waals surface area contributed by atoms with E-state index in [-0.39, 0.29) is 0 Å². The van der Waals surface area contributed by atoms with Gasteiger partial charge in [0, 0.05) is 26.3 Å². The lowest BCUT2D eigenvalue weighted by Gasteiger charge is -2.37. The molecule has 1 unspecified atom stereocenters. The van der Waals surface area contributed by atoms with E-state index >= 15 is 0 Å². The molecule has 0 aromatic heterocycles. The summed E-state index contributed by atoms with van der Waals surface area (Å²) >= 11 is 0. The van der Waals surface area contributed by atoms with Crippen LogP contribution in [0.15, 0.2) is 0 Å². The second-order valence-corrected chi connectivity index (χ2v) is 5.45. The molecule has 0 amide bonds. The molecular weight excluding hydrogens is 200 g/mol. The van der Waals surface area contributed by atoms with Crippen molar-refractivity contribution in [1.82, 2.24) is 4.90 Å². The molecule has 0 spiro atoms. The van der Waals surface area contributed by atoms with Crippen LogP contribution in [0.1, 0.15) is 33.1 Å². The monoisotopic (exact) mass is 228 g/mol. The Kier molecular flexibility index (Phi) is 6.32. The summed E-state index contributed by atoms with van der Waals surface area (Å²) < 4.78 is 5.22. The van der Waals surface area contributed by atoms with Gasteiger partial charge in [0.2, 0.25) is 0 Å². The summed E-state index contributed by atoms with van der Waals surface area (Å²) in [6.45, 7) is 8.67. The largest absolute Gasteiger partial charge is 0.384 e. The number of ether oxygens (including phenoxy) is 1. The Morgan fingerprint density at radius 2 is 1.94 bits per heavy atom. The van der Waals surface area contributed by atoms with Crippen molar-refractivity contribution in [3.8, 4) is 0 Å². The molecule has 0 aromatic carbocycles. The summed E-state index contributed by atoms with van der Waals surface area (Å²) in [4.78, 5) is 2.58. The fraction of sp³-hybridized carbons (Fsp3) is 1.00. The number of likely N-dealkylation sites (tertiary alicyclic amines) is 1. The van der Waals surface area contributed by atoms with E-state index < -0.39 is 0 Å². The Hall–Kier alpha value is -0.120. The van der Waals surface area contributed by atoms with E-state index in [0.29, 0.717) is 6.04 Å². The highest BCUT2D eigenvalue weighted by atomic mass is 16.5. The van der Waals surface area contributed by atoms with Crippen LogP contribution in [0.25, 0.3) is 0 Å². The minimum atomic E-state index is 0.587. The highest BCUT2D eigenvalue weighted by Crippen LogP contribution is 2.21. The van der Waals surface area contributed by atoms with Gasteiger partial charge in [-0.15, -0.1) is 0 Å². The van der Waals surface area contributed by atoms with E-state index in [2.05, 4.69) is 18.7 Å². The minimum Gasteiger partial charge on any atom is -0.384 e. The van der Waals surface area contributed by atoms with Crippen LogP contribution in [0.2, 0.25) is 0 Å². The fourth-order valence-corrected chi connectivity index (χ4v) is 2.66. The number of hydrogen-bond donors (Lipinski definition) is 1. The van der Waals surface area contributed by atoms with Gasteiger partial charge in [-0.25, -0.2) is 0 Å². The van der Waals surface area contributed by atoms with Crippen molar-refractivity contribution in [3.05, 3.63) is 0 Å². The summed E-state index contributed by atoms with van der Waals surface area (Å²) in [6.07, 6.45) is 3.76. The van der Waals surface area contributed by atoms with Crippen LogP contribution in [-0.4, -0.2) is 44.3 Å². The van der Waals surface area contributed by atoms with Crippen LogP contribution in [0, 0.1) is 11.8 Å². The van der Waals surface area contributed by atoms with Crippen molar-refractivity contribution in [2.45, 2.75) is 39.2 Å². The lowest BCUT2D eigenvalue weighted by atomic mass is 9.94. The number of nitrogens with zero attached hydrogens (tertiary/aromatic N) is 1. The average molecular weight is 228 g/mol. The number of hydrogen-bond acceptors (Lipinski definition) is 3. The SMILES string of the molecule is COCC1CCN(C(CN)CC(C)C)CC1. The smallest absolute Gasteiger partial charge is 0.0491 e. The average Bonchev–Trinajstić information content (AvgIpc) is 2.27. The maximum Gasteiger partial charge on any atom is 0.0491 e. The van der Waals surface area contributed by atoms with Gasteiger partial charge in [0.1, 0.15) is 0 Å². The molecule has 1 fully saturated rings. The van der Waals surface area contributed by atoms with Crippen LogP contribution in [0.4, 0.5) is 0 Å². The Balaban J connectivity index is 2.32. The zero-order valence-corrected chi connectivity index (χ0v) is 11.1. The van der Waals surface area contributed by atoms with Gasteiger partial charge in [0.05, 0.1) is 0 Å². The maximum atomic E-state index is 5.88. The second kappa shape index (κ2) is 7.25. The molecule has 1 rings (SSSR count). The molecule has 2 N–H and O–H groups in total. The fourth-order valence-electron chi connectivity index (χ4n) is 2.66. The van der Waals surface area contributed by atoms with E-state index in [1.165, 1.54) is 32.4 Å². The normalized spacial score (nSPS) is 21.6. The molecule has 1 aliphatic heterocycles. The van der Waals surface area contributed by atoms with E-state index in [1.807, 2.05) is 0 Å². The summed E-state index contributed by atoms with van der Waals surface area (Å²) in [5.41, 5.74) is 5.88. The van der Waals surface area contributed by atoms with Gasteiger partial charge in [-0.2, -0.15) is 0 Å². The number of rotatable bonds is 6. The first-order valence-electron chi connectivity index (χ1n) is 6.60. The van der Waals surface area contributed by atoms with E-state index in [0.717, 1.165) is 25.0 Å². The Labute approximate surface area is 100 Å². The highest BCUT2D eigenvalue weighted by molar-refractivity contribution is 4.79. The minimum absolute atomic E-state index is 0.587. The van der Waals surface area contributed by atoms with Crippen LogP contribution in [0.5, 0.6) is 0 Å². The molecule has 3 heteroatoms. The molecular formula is C13H28N2O. The van der Waals surface area contributed by atoms with Gasteiger partial charge >= 0.3 is 0 Å². The lowest BCUT2D eigenvalue weighted by molar-refractivity contribution is 0.0757. The molecule has 96 valence electrons. The molecule has 16 heavy (non-hydrogen) atoms. The van der Waals surface area contributed by atoms with E-state index in [1.54, 1.807) is 7.11 Å². The molecule has 3 nitrogen and oxygen atoms in total. The molecule has 0 saturated carbocycles. The molecule has 1 saturated heterocycles. The Morgan fingerprint density at radius 3 is 2.38 bits per heavy atom. The number of nitrogens with two attached hydrogens (primary N) is 1. The molecule has 1 aliphatic rings. The molecule has 1 heterocycles. The molecule has 1 atom stereocenters. The van der Waals surface area contributed by atoms with Crippen LogP contribution < -0.4 is 5.73 Å². The van der Waals surface area contributed by atoms with Crippen LogP contribution in [0.3, 0.4) is 0 Å². The quantitative estimate of drug-likeness (QED) is 0.752. The van der Waals surface area contributed by atoms with Gasteiger partial charge < -0.3 is 10.5 Å². The van der Waals surface area contributed by atoms with Crippen molar-refractivity contribution in [1.29, 1.82) is 0 Å². The number of methoxy groups -OCH3 is 1. The van der Waals surface area contributed by atoms with Gasteiger partial charge in [0.25, 0.3) is 0 Å². The van der Waals surface area contributed by atoms with E-state index in [4.69, 9.17) is 10.5 Å². The van der Waals surface area contributed by atoms with E-state index in [9.17, 15) is 0 Å². The predicted octanol–water partition coefficient (Wildman–Crippen LogP) is 1.72. The zero-order chi connectivity index (χ0) is 12.0. The van der Waals surface area contributed by atoms with Crippen LogP contribution >= 0.6 is 0 Å². The maximum absolute atomic E-state index is 5.88. The standard InChI is InChI=1S/C13H28N2O/c1-11(2)8-13(9-14)15-6-4-12(5-7-15)10-16-3/h11-13H,4-10,14H2,1-3H3. The summed E-state index contributed by atoms with van der Waals surface area (Å²) in [5.74, 6) is 1.50. The first-order valence-corrected chi connectivity index (χ1v) is 6.60. The van der Waals surface area contributed by atoms with Crippen LogP contribution in [-0.2, 0) is 4.74 Å². The van der Waals surface area contributed by atoms with Gasteiger partial charge in [-0.3, -0.25) is 4.90 Å². The van der Waals surface area contributed by atoms with Gasteiger partial charge in [-0.05, 0) is 44.2 Å². The summed E-state index contributed by atoms with van der Waals surface area (Å²) in [7, 11) is 1.80. The Morgan fingerprint density at radius 1 is 1.31 bits per heavy atom. The van der Waals surface area contributed by atoms with Crippen molar-refractivity contribution >= 4 is 0 Å². The predicted molar refractivity (Wildman–Crippen MR) is 68.5 cm³/mol. The third-order valence-corrected chi connectivity index (χ3v) is 3.58. The molecule has 0 aromatic rings. The molecule has 0 aliphatic carbocycles. The molecule has 0 bridgehead atoms. The van der Waals surface area contributed by atoms with Crippen molar-refractivity contribution < 1.29 is 4.74 Å². The van der Waals surface area contributed by atoms with Crippen molar-refractivity contribution in [2.24, 2.45) is 17.6 Å². The second-order valence-electron chi connectivity index (χ2n) is 5.45. The number of piperidine rings is 1. The van der Waals surface area contributed by atoms with Gasteiger partial charge in [0.15, 0.2) is 0 Å². The summed E-state index contributed by atoms with van der Waals surface area (Å²) in [6, 6.07) is 0.587. The van der Waals surface area contributed by atoms with Crippen molar-refractivity contribution in [3.63, 3.8) is 0 Å². The first-order chi connectivity index (χ1) is 7.67. The third-order valence-electron chi connectivity index (χ3n) is 3.58. The van der Waals surface area contributed by atoms with Crippen molar-refractivity contribution in [2.75, 3.05) is 33.4 Å².